The Labute approximate surface area is 298 Å². The number of aliphatic imine (C=N–C) groups is 1. The van der Waals surface area contributed by atoms with Crippen LogP contribution in [-0.4, -0.2) is 77.8 Å². The van der Waals surface area contributed by atoms with Gasteiger partial charge in [0.05, 0.1) is 19.1 Å². The SMILES string of the molecule is C#C[C@@H](C=C)C(NC(=O)[C@@H]1C[C@@H]2CN1C(=O)[C@H](C(C)(C)C)NC(=O)OCCCCCc1cc(-c3ccccc3)c3ccnc(c3c1)O2)C(=O)N=C. The van der Waals surface area contributed by atoms with E-state index in [4.69, 9.17) is 15.9 Å². The number of amides is 4. The van der Waals surface area contributed by atoms with Crippen LogP contribution in [0.25, 0.3) is 21.9 Å². The Kier molecular flexibility index (Phi) is 11.6. The fourth-order valence-electron chi connectivity index (χ4n) is 6.65. The lowest BCUT2D eigenvalue weighted by Gasteiger charge is -2.35. The molecule has 0 saturated carbocycles. The molecule has 0 radical (unpaired) electrons. The van der Waals surface area contributed by atoms with Crippen molar-refractivity contribution in [1.29, 1.82) is 0 Å². The molecule has 0 aliphatic carbocycles. The first kappa shape index (κ1) is 36.8. The molecule has 3 heterocycles. The van der Waals surface area contributed by atoms with Crippen LogP contribution in [0, 0.1) is 23.7 Å². The van der Waals surface area contributed by atoms with Crippen LogP contribution in [0.4, 0.5) is 4.79 Å². The maximum Gasteiger partial charge on any atom is 0.407 e. The van der Waals surface area contributed by atoms with Crippen molar-refractivity contribution in [2.45, 2.75) is 77.1 Å². The van der Waals surface area contributed by atoms with Crippen LogP contribution in [0.5, 0.6) is 5.88 Å². The number of aromatic nitrogens is 1. The minimum absolute atomic E-state index is 0.00186. The second-order valence-corrected chi connectivity index (χ2v) is 14.0. The van der Waals surface area contributed by atoms with Crippen molar-refractivity contribution in [2.24, 2.45) is 16.3 Å². The summed E-state index contributed by atoms with van der Waals surface area (Å²) < 4.78 is 12.1. The number of aryl methyl sites for hydroxylation is 1. The molecule has 3 aromatic rings. The number of carbonyl (C=O) groups is 4. The highest BCUT2D eigenvalue weighted by molar-refractivity contribution is 6.00. The van der Waals surface area contributed by atoms with Gasteiger partial charge >= 0.3 is 6.09 Å². The summed E-state index contributed by atoms with van der Waals surface area (Å²) in [5, 5.41) is 7.21. The molecule has 2 aliphatic rings. The monoisotopic (exact) mass is 691 g/mol. The van der Waals surface area contributed by atoms with Crippen LogP contribution >= 0.6 is 0 Å². The van der Waals surface area contributed by atoms with E-state index in [0.717, 1.165) is 46.7 Å². The molecular weight excluding hydrogens is 646 g/mol. The zero-order valence-electron chi connectivity index (χ0n) is 29.4. The second-order valence-electron chi connectivity index (χ2n) is 14.0. The first-order valence-electron chi connectivity index (χ1n) is 17.2. The van der Waals surface area contributed by atoms with E-state index in [1.165, 1.54) is 11.0 Å². The summed E-state index contributed by atoms with van der Waals surface area (Å²) in [5.74, 6) is 0.0602. The van der Waals surface area contributed by atoms with Crippen LogP contribution in [0.2, 0.25) is 0 Å². The first-order valence-corrected chi connectivity index (χ1v) is 17.2. The number of alkyl carbamates (subject to hydrolysis) is 1. The summed E-state index contributed by atoms with van der Waals surface area (Å²) in [7, 11) is 0. The van der Waals surface area contributed by atoms with Gasteiger partial charge in [0.1, 0.15) is 24.2 Å². The van der Waals surface area contributed by atoms with Crippen LogP contribution in [0.3, 0.4) is 0 Å². The number of hydrogen-bond donors (Lipinski definition) is 2. The molecule has 2 N–H and O–H groups in total. The van der Waals surface area contributed by atoms with Crippen molar-refractivity contribution in [3.8, 4) is 29.4 Å². The van der Waals surface area contributed by atoms with Gasteiger partial charge in [0.25, 0.3) is 5.91 Å². The molecule has 1 aromatic heterocycles. The van der Waals surface area contributed by atoms with Crippen LogP contribution in [-0.2, 0) is 25.5 Å². The maximum absolute atomic E-state index is 14.4. The van der Waals surface area contributed by atoms with Crippen molar-refractivity contribution >= 4 is 41.3 Å². The Morgan fingerprint density at radius 1 is 1.14 bits per heavy atom. The van der Waals surface area contributed by atoms with E-state index in [9.17, 15) is 19.2 Å². The van der Waals surface area contributed by atoms with Gasteiger partial charge in [-0.15, -0.1) is 13.0 Å². The Morgan fingerprint density at radius 3 is 2.59 bits per heavy atom. The van der Waals surface area contributed by atoms with Gasteiger partial charge in [0.2, 0.25) is 17.7 Å². The summed E-state index contributed by atoms with van der Waals surface area (Å²) in [6, 6.07) is 12.9. The van der Waals surface area contributed by atoms with Crippen molar-refractivity contribution in [1.82, 2.24) is 20.5 Å². The number of carbonyl (C=O) groups excluding carboxylic acids is 4. The summed E-state index contributed by atoms with van der Waals surface area (Å²) >= 11 is 0. The van der Waals surface area contributed by atoms with E-state index < -0.39 is 59.4 Å². The van der Waals surface area contributed by atoms with Crippen LogP contribution < -0.4 is 15.4 Å². The number of fused-ring (bicyclic) bond motifs is 3. The molecule has 5 rings (SSSR count). The quantitative estimate of drug-likeness (QED) is 0.204. The van der Waals surface area contributed by atoms with Gasteiger partial charge in [-0.2, -0.15) is 0 Å². The van der Waals surface area contributed by atoms with Gasteiger partial charge < -0.3 is 25.0 Å². The lowest BCUT2D eigenvalue weighted by atomic mass is 9.85. The average molecular weight is 692 g/mol. The molecule has 11 nitrogen and oxygen atoms in total. The molecule has 1 unspecified atom stereocenters. The normalized spacial score (nSPS) is 21.1. The molecule has 266 valence electrons. The molecule has 0 spiro atoms. The molecule has 2 aromatic carbocycles. The summed E-state index contributed by atoms with van der Waals surface area (Å²) in [5.41, 5.74) is 2.43. The zero-order chi connectivity index (χ0) is 36.7. The standard InChI is InChI=1S/C40H45N5O6/c1-7-26(8-2)33(36(47)41-6)43-35(46)32-23-28-24-45(32)38(48)34(40(3,4)5)44-39(49)50-20-14-10-11-15-25-21-30(27-16-12-9-13-17-27)29-18-19-42-37(51-28)31(29)22-25/h1,8-9,12-13,16-19,21-22,26,28,32-34H,2,6,10-11,14-15,20,23-24H2,3-5H3,(H,43,46)(H,44,49)/t26-,28+,32-,33?,34+/m0/s1. The van der Waals surface area contributed by atoms with Gasteiger partial charge in [0.15, 0.2) is 0 Å². The minimum atomic E-state index is -1.25. The number of terminal acetylenes is 1. The summed E-state index contributed by atoms with van der Waals surface area (Å²) in [6.45, 7) is 12.6. The number of rotatable bonds is 6. The molecule has 4 amide bonds. The summed E-state index contributed by atoms with van der Waals surface area (Å²) in [4.78, 5) is 63.7. The van der Waals surface area contributed by atoms with Gasteiger partial charge in [-0.1, -0.05) is 69.2 Å². The Hall–Kier alpha value is -5.50. The van der Waals surface area contributed by atoms with E-state index in [1.54, 1.807) is 6.20 Å². The largest absolute Gasteiger partial charge is 0.472 e. The number of ether oxygens (including phenoxy) is 2. The molecule has 11 heteroatoms. The molecule has 1 fully saturated rings. The molecule has 4 bridgehead atoms. The third-order valence-corrected chi connectivity index (χ3v) is 9.36. The number of nitrogens with zero attached hydrogens (tertiary/aromatic N) is 3. The third-order valence-electron chi connectivity index (χ3n) is 9.36. The number of hydrogen-bond acceptors (Lipinski definition) is 7. The first-order chi connectivity index (χ1) is 24.4. The van der Waals surface area contributed by atoms with Crippen molar-refractivity contribution in [2.75, 3.05) is 13.2 Å². The number of cyclic esters (lactones) is 1. The molecular formula is C40H45N5O6. The highest BCUT2D eigenvalue weighted by Gasteiger charge is 2.47. The van der Waals surface area contributed by atoms with E-state index in [0.29, 0.717) is 12.3 Å². The summed E-state index contributed by atoms with van der Waals surface area (Å²) in [6.07, 6.45) is 10.5. The van der Waals surface area contributed by atoms with Crippen molar-refractivity contribution in [3.05, 3.63) is 72.9 Å². The molecule has 51 heavy (non-hydrogen) atoms. The third kappa shape index (κ3) is 8.46. The highest BCUT2D eigenvalue weighted by atomic mass is 16.5. The maximum atomic E-state index is 14.4. The minimum Gasteiger partial charge on any atom is -0.472 e. The lowest BCUT2D eigenvalue weighted by molar-refractivity contribution is -0.142. The smallest absolute Gasteiger partial charge is 0.407 e. The van der Waals surface area contributed by atoms with Crippen LogP contribution in [0.1, 0.15) is 52.0 Å². The number of pyridine rings is 1. The second kappa shape index (κ2) is 16.0. The number of benzene rings is 2. The predicted octanol–water partition coefficient (Wildman–Crippen LogP) is 5.26. The van der Waals surface area contributed by atoms with E-state index in [1.807, 2.05) is 45.0 Å². The average Bonchev–Trinajstić information content (AvgIpc) is 3.55. The van der Waals surface area contributed by atoms with E-state index in [2.05, 4.69) is 64.1 Å². The fraction of sp³-hybridized carbons (Fsp3) is 0.400. The topological polar surface area (TPSA) is 139 Å². The van der Waals surface area contributed by atoms with Gasteiger partial charge in [-0.25, -0.2) is 14.8 Å². The zero-order valence-corrected chi connectivity index (χ0v) is 29.4. The van der Waals surface area contributed by atoms with Crippen molar-refractivity contribution in [3.63, 3.8) is 0 Å². The fourth-order valence-corrected chi connectivity index (χ4v) is 6.65. The molecule has 1 saturated heterocycles. The van der Waals surface area contributed by atoms with Crippen molar-refractivity contribution < 1.29 is 28.7 Å². The van der Waals surface area contributed by atoms with Crippen LogP contribution in [0.15, 0.2) is 72.4 Å². The van der Waals surface area contributed by atoms with Gasteiger partial charge in [-0.05, 0) is 72.0 Å². The Bertz CT molecular complexity index is 1850. The van der Waals surface area contributed by atoms with Gasteiger partial charge in [0, 0.05) is 18.0 Å². The van der Waals surface area contributed by atoms with E-state index in [-0.39, 0.29) is 19.6 Å². The number of nitrogens with one attached hydrogen (secondary N) is 2. The van der Waals surface area contributed by atoms with E-state index >= 15 is 0 Å². The predicted molar refractivity (Wildman–Crippen MR) is 196 cm³/mol. The Morgan fingerprint density at radius 2 is 1.90 bits per heavy atom. The Balaban J connectivity index is 1.58. The molecule has 5 atom stereocenters. The lowest BCUT2D eigenvalue weighted by Crippen LogP contribution is -2.59. The van der Waals surface area contributed by atoms with Gasteiger partial charge in [-0.3, -0.25) is 14.4 Å². The highest BCUT2D eigenvalue weighted by Crippen LogP contribution is 2.36. The molecule has 2 aliphatic heterocycles.